The second-order valence-electron chi connectivity index (χ2n) is 4.44. The SMILES string of the molecule is C=C1NC2C=CC=CC2C=C1c1ccccc1. The van der Waals surface area contributed by atoms with E-state index in [9.17, 15) is 0 Å². The maximum atomic E-state index is 4.13. The predicted molar refractivity (Wildman–Crippen MR) is 72.3 cm³/mol. The molecule has 1 aliphatic carbocycles. The molecule has 1 N–H and O–H groups in total. The molecule has 17 heavy (non-hydrogen) atoms. The van der Waals surface area contributed by atoms with E-state index in [0.717, 1.165) is 5.70 Å². The van der Waals surface area contributed by atoms with Gasteiger partial charge < -0.3 is 5.32 Å². The highest BCUT2D eigenvalue weighted by atomic mass is 14.9. The molecule has 1 aliphatic heterocycles. The Morgan fingerprint density at radius 1 is 1.00 bits per heavy atom. The van der Waals surface area contributed by atoms with E-state index in [-0.39, 0.29) is 0 Å². The molecule has 0 spiro atoms. The largest absolute Gasteiger partial charge is 0.378 e. The molecule has 0 radical (unpaired) electrons. The average Bonchev–Trinajstić information content (AvgIpc) is 2.39. The average molecular weight is 221 g/mol. The highest BCUT2D eigenvalue weighted by molar-refractivity contribution is 5.79. The Balaban J connectivity index is 2.00. The predicted octanol–water partition coefficient (Wildman–Crippen LogP) is 3.30. The topological polar surface area (TPSA) is 12.0 Å². The lowest BCUT2D eigenvalue weighted by Crippen LogP contribution is -2.36. The van der Waals surface area contributed by atoms with Crippen LogP contribution in [0.4, 0.5) is 0 Å². The summed E-state index contributed by atoms with van der Waals surface area (Å²) < 4.78 is 0. The summed E-state index contributed by atoms with van der Waals surface area (Å²) in [5.74, 6) is 0.431. The fourth-order valence-corrected chi connectivity index (χ4v) is 2.39. The van der Waals surface area contributed by atoms with Gasteiger partial charge in [0, 0.05) is 17.2 Å². The normalized spacial score (nSPS) is 26.1. The molecule has 0 saturated heterocycles. The molecule has 3 rings (SSSR count). The second kappa shape index (κ2) is 4.10. The maximum absolute atomic E-state index is 4.13. The molecule has 1 heterocycles. The van der Waals surface area contributed by atoms with Crippen LogP contribution in [0.2, 0.25) is 0 Å². The van der Waals surface area contributed by atoms with Crippen LogP contribution < -0.4 is 5.32 Å². The van der Waals surface area contributed by atoms with Crippen LogP contribution in [0.15, 0.2) is 73.0 Å². The third-order valence-electron chi connectivity index (χ3n) is 3.29. The van der Waals surface area contributed by atoms with Gasteiger partial charge in [-0.15, -0.1) is 0 Å². The van der Waals surface area contributed by atoms with Crippen molar-refractivity contribution in [2.24, 2.45) is 5.92 Å². The van der Waals surface area contributed by atoms with Crippen molar-refractivity contribution < 1.29 is 0 Å². The van der Waals surface area contributed by atoms with Gasteiger partial charge in [-0.1, -0.05) is 67.3 Å². The van der Waals surface area contributed by atoms with E-state index in [1.165, 1.54) is 11.1 Å². The van der Waals surface area contributed by atoms with Crippen molar-refractivity contribution in [1.82, 2.24) is 5.32 Å². The zero-order chi connectivity index (χ0) is 11.7. The van der Waals surface area contributed by atoms with Crippen LogP contribution in [0.5, 0.6) is 0 Å². The minimum absolute atomic E-state index is 0.361. The zero-order valence-corrected chi connectivity index (χ0v) is 9.64. The van der Waals surface area contributed by atoms with Gasteiger partial charge in [0.15, 0.2) is 0 Å². The number of benzene rings is 1. The standard InChI is InChI=1S/C16H15N/c1-12-15(13-7-3-2-4-8-13)11-14-9-5-6-10-16(14)17-12/h2-11,14,16-17H,1H2. The first-order valence-electron chi connectivity index (χ1n) is 5.92. The molecule has 1 nitrogen and oxygen atoms in total. The quantitative estimate of drug-likeness (QED) is 0.767. The lowest BCUT2D eigenvalue weighted by molar-refractivity contribution is 0.578. The van der Waals surface area contributed by atoms with Gasteiger partial charge in [0.05, 0.1) is 6.04 Å². The molecule has 84 valence electrons. The lowest BCUT2D eigenvalue weighted by Gasteiger charge is -2.31. The molecular formula is C16H15N. The Morgan fingerprint density at radius 3 is 2.59 bits per heavy atom. The van der Waals surface area contributed by atoms with Gasteiger partial charge in [-0.25, -0.2) is 0 Å². The van der Waals surface area contributed by atoms with Gasteiger partial charge in [-0.05, 0) is 5.56 Å². The molecule has 0 fully saturated rings. The highest BCUT2D eigenvalue weighted by Crippen LogP contribution is 2.30. The van der Waals surface area contributed by atoms with Crippen molar-refractivity contribution >= 4 is 5.57 Å². The van der Waals surface area contributed by atoms with Crippen molar-refractivity contribution in [2.75, 3.05) is 0 Å². The Kier molecular flexibility index (Phi) is 2.45. The van der Waals surface area contributed by atoms with Gasteiger partial charge in [0.1, 0.15) is 0 Å². The molecule has 2 unspecified atom stereocenters. The summed E-state index contributed by atoms with van der Waals surface area (Å²) >= 11 is 0. The molecule has 2 aliphatic rings. The Labute approximate surface area is 102 Å². The summed E-state index contributed by atoms with van der Waals surface area (Å²) in [4.78, 5) is 0. The second-order valence-corrected chi connectivity index (χ2v) is 4.44. The fraction of sp³-hybridized carbons (Fsp3) is 0.125. The Morgan fingerprint density at radius 2 is 1.76 bits per heavy atom. The van der Waals surface area contributed by atoms with Gasteiger partial charge in [-0.2, -0.15) is 0 Å². The summed E-state index contributed by atoms with van der Waals surface area (Å²) in [5, 5.41) is 3.47. The molecule has 1 aromatic carbocycles. The first kappa shape index (κ1) is 10.2. The van der Waals surface area contributed by atoms with Crippen LogP contribution in [-0.2, 0) is 0 Å². The van der Waals surface area contributed by atoms with Crippen molar-refractivity contribution in [3.05, 3.63) is 78.6 Å². The summed E-state index contributed by atoms with van der Waals surface area (Å²) in [6, 6.07) is 10.8. The first-order chi connectivity index (χ1) is 8.34. The summed E-state index contributed by atoms with van der Waals surface area (Å²) in [6.07, 6.45) is 10.9. The summed E-state index contributed by atoms with van der Waals surface area (Å²) in [5.41, 5.74) is 3.45. The van der Waals surface area contributed by atoms with Gasteiger partial charge >= 0.3 is 0 Å². The number of hydrogen-bond acceptors (Lipinski definition) is 1. The molecule has 0 bridgehead atoms. The number of rotatable bonds is 1. The molecular weight excluding hydrogens is 206 g/mol. The van der Waals surface area contributed by atoms with Crippen LogP contribution in [0.25, 0.3) is 5.57 Å². The maximum Gasteiger partial charge on any atom is 0.0545 e. The van der Waals surface area contributed by atoms with Crippen molar-refractivity contribution in [3.63, 3.8) is 0 Å². The van der Waals surface area contributed by atoms with Crippen LogP contribution >= 0.6 is 0 Å². The monoisotopic (exact) mass is 221 g/mol. The molecule has 0 amide bonds. The smallest absolute Gasteiger partial charge is 0.0545 e. The van der Waals surface area contributed by atoms with E-state index >= 15 is 0 Å². The van der Waals surface area contributed by atoms with E-state index in [4.69, 9.17) is 0 Å². The molecule has 1 heteroatoms. The van der Waals surface area contributed by atoms with E-state index in [2.05, 4.69) is 66.5 Å². The van der Waals surface area contributed by atoms with E-state index in [0.29, 0.717) is 12.0 Å². The van der Waals surface area contributed by atoms with Crippen molar-refractivity contribution in [2.45, 2.75) is 6.04 Å². The fourth-order valence-electron chi connectivity index (χ4n) is 2.39. The van der Waals surface area contributed by atoms with E-state index in [1.54, 1.807) is 0 Å². The lowest BCUT2D eigenvalue weighted by atomic mass is 9.86. The molecule has 0 aromatic heterocycles. The summed E-state index contributed by atoms with van der Waals surface area (Å²) in [7, 11) is 0. The Hall–Kier alpha value is -2.02. The highest BCUT2D eigenvalue weighted by Gasteiger charge is 2.23. The van der Waals surface area contributed by atoms with Crippen LogP contribution in [-0.4, -0.2) is 6.04 Å². The number of allylic oxidation sites excluding steroid dienone is 3. The van der Waals surface area contributed by atoms with Gasteiger partial charge in [-0.3, -0.25) is 0 Å². The molecule has 1 aromatic rings. The van der Waals surface area contributed by atoms with E-state index in [1.807, 2.05) is 6.07 Å². The third kappa shape index (κ3) is 1.84. The first-order valence-corrected chi connectivity index (χ1v) is 5.92. The van der Waals surface area contributed by atoms with Crippen LogP contribution in [0, 0.1) is 5.92 Å². The molecule has 2 atom stereocenters. The Bertz CT molecular complexity index is 520. The number of fused-ring (bicyclic) bond motifs is 1. The van der Waals surface area contributed by atoms with E-state index < -0.39 is 0 Å². The van der Waals surface area contributed by atoms with Crippen LogP contribution in [0.1, 0.15) is 5.56 Å². The van der Waals surface area contributed by atoms with Crippen LogP contribution in [0.3, 0.4) is 0 Å². The minimum Gasteiger partial charge on any atom is -0.378 e. The van der Waals surface area contributed by atoms with Crippen molar-refractivity contribution in [1.29, 1.82) is 0 Å². The number of hydrogen-bond donors (Lipinski definition) is 1. The van der Waals surface area contributed by atoms with Gasteiger partial charge in [0.25, 0.3) is 0 Å². The minimum atomic E-state index is 0.361. The third-order valence-corrected chi connectivity index (χ3v) is 3.29. The van der Waals surface area contributed by atoms with Crippen molar-refractivity contribution in [3.8, 4) is 0 Å². The number of nitrogens with one attached hydrogen (secondary N) is 1. The molecule has 0 saturated carbocycles. The zero-order valence-electron chi connectivity index (χ0n) is 9.64. The summed E-state index contributed by atoms with van der Waals surface area (Å²) in [6.45, 7) is 4.13. The van der Waals surface area contributed by atoms with Gasteiger partial charge in [0.2, 0.25) is 0 Å².